The summed E-state index contributed by atoms with van der Waals surface area (Å²) >= 11 is 6.16. The molecule has 1 saturated heterocycles. The average molecular weight is 742 g/mol. The van der Waals surface area contributed by atoms with Gasteiger partial charge in [-0.25, -0.2) is 18.0 Å². The summed E-state index contributed by atoms with van der Waals surface area (Å²) in [6, 6.07) is 29.4. The van der Waals surface area contributed by atoms with Crippen LogP contribution in [-0.4, -0.2) is 68.4 Å². The predicted molar refractivity (Wildman–Crippen MR) is 199 cm³/mol. The fourth-order valence-electron chi connectivity index (χ4n) is 6.32. The van der Waals surface area contributed by atoms with Crippen LogP contribution in [0.15, 0.2) is 114 Å². The van der Waals surface area contributed by atoms with E-state index in [9.17, 15) is 27.9 Å². The Balaban J connectivity index is 1.17. The summed E-state index contributed by atoms with van der Waals surface area (Å²) in [5.74, 6) is -1.04. The monoisotopic (exact) mass is 741 g/mol. The molecule has 5 aromatic carbocycles. The fraction of sp³-hybridized carbons (Fsp3) is 0.205. The van der Waals surface area contributed by atoms with E-state index in [1.165, 1.54) is 19.2 Å². The van der Waals surface area contributed by atoms with E-state index in [1.807, 2.05) is 24.3 Å². The molecule has 0 bridgehead atoms. The van der Waals surface area contributed by atoms with Crippen molar-refractivity contribution in [2.45, 2.75) is 23.8 Å². The Morgan fingerprint density at radius 2 is 1.58 bits per heavy atom. The van der Waals surface area contributed by atoms with Crippen LogP contribution in [0.3, 0.4) is 0 Å². The minimum absolute atomic E-state index is 0.0174. The van der Waals surface area contributed by atoms with Gasteiger partial charge in [0, 0.05) is 6.54 Å². The lowest BCUT2D eigenvalue weighted by atomic mass is 10.1. The lowest BCUT2D eigenvalue weighted by Gasteiger charge is -2.25. The summed E-state index contributed by atoms with van der Waals surface area (Å²) < 4.78 is 38.8. The number of likely N-dealkylation sites (tertiary alicyclic amines) is 1. The van der Waals surface area contributed by atoms with Gasteiger partial charge in [-0.3, -0.25) is 4.79 Å². The zero-order chi connectivity index (χ0) is 36.8. The number of nitrogens with zero attached hydrogens (tertiary/aromatic N) is 1. The molecule has 0 saturated carbocycles. The molecule has 2 atom stereocenters. The number of halogens is 1. The van der Waals surface area contributed by atoms with Crippen LogP contribution in [0.2, 0.25) is 5.02 Å². The number of ether oxygens (including phenoxy) is 2. The number of hydrogen-bond acceptors (Lipinski definition) is 7. The average Bonchev–Trinajstić information content (AvgIpc) is 3.54. The van der Waals surface area contributed by atoms with E-state index in [-0.39, 0.29) is 47.6 Å². The number of carbonyl (C=O) groups excluding carboxylic acids is 2. The molecule has 0 aliphatic carbocycles. The predicted octanol–water partition coefficient (Wildman–Crippen LogP) is 7.16. The number of aromatic carboxylic acids is 1. The molecule has 0 radical (unpaired) electrons. The number of sulfone groups is 1. The van der Waals surface area contributed by atoms with Crippen LogP contribution in [0.25, 0.3) is 10.8 Å². The third-order valence-corrected chi connectivity index (χ3v) is 11.1. The van der Waals surface area contributed by atoms with Crippen molar-refractivity contribution in [3.63, 3.8) is 0 Å². The van der Waals surface area contributed by atoms with Crippen molar-refractivity contribution < 1.29 is 37.4 Å². The summed E-state index contributed by atoms with van der Waals surface area (Å²) in [6.45, 7) is 0.286. The number of anilines is 2. The normalized spacial score (nSPS) is 15.6. The van der Waals surface area contributed by atoms with Gasteiger partial charge in [-0.05, 0) is 89.3 Å². The minimum atomic E-state index is -3.69. The Kier molecular flexibility index (Phi) is 11.0. The number of fused-ring (bicyclic) bond motifs is 1. The Hall–Kier alpha value is -5.59. The molecule has 11 nitrogen and oxygen atoms in total. The standard InChI is InChI=1S/C39H36ClN3O8S/c1-50-36-19-25(10-17-35(36)42-39(47)41-34-9-5-4-8-33(34)40)20-37(44)43-22-26(18-30(43)23-51-31-14-11-28(12-15-31)38(45)46)24-52(48,49)32-16-13-27-6-2-3-7-29(27)21-32/h2-17,19,21,26,30H,18,20,22-24H2,1H3,(H,45,46)(H2,41,42,47)/t26-,30-/m0/s1. The molecule has 5 aromatic rings. The molecular formula is C39H36ClN3O8S. The summed E-state index contributed by atoms with van der Waals surface area (Å²) in [5.41, 5.74) is 1.55. The van der Waals surface area contributed by atoms with E-state index in [0.29, 0.717) is 39.9 Å². The van der Waals surface area contributed by atoms with E-state index < -0.39 is 27.9 Å². The first-order valence-corrected chi connectivity index (χ1v) is 18.5. The molecule has 0 unspecified atom stereocenters. The van der Waals surface area contributed by atoms with Gasteiger partial charge in [0.15, 0.2) is 9.84 Å². The number of carboxylic acids is 1. The molecule has 3 N–H and O–H groups in total. The van der Waals surface area contributed by atoms with Crippen molar-refractivity contribution >= 4 is 61.5 Å². The SMILES string of the molecule is COc1cc(CC(=O)N2C[C@@H](CS(=O)(=O)c3ccc4ccccc4c3)C[C@H]2COc2ccc(C(=O)O)cc2)ccc1NC(=O)Nc1ccccc1Cl. The number of carbonyl (C=O) groups is 3. The summed E-state index contributed by atoms with van der Waals surface area (Å²) in [7, 11) is -2.24. The van der Waals surface area contributed by atoms with Gasteiger partial charge in [0.2, 0.25) is 5.91 Å². The van der Waals surface area contributed by atoms with E-state index >= 15 is 0 Å². The largest absolute Gasteiger partial charge is 0.495 e. The second-order valence-corrected chi connectivity index (χ2v) is 14.9. The number of methoxy groups -OCH3 is 1. The van der Waals surface area contributed by atoms with Crippen molar-refractivity contribution in [1.82, 2.24) is 4.90 Å². The maximum atomic E-state index is 13.9. The van der Waals surface area contributed by atoms with Crippen LogP contribution in [0.1, 0.15) is 22.3 Å². The highest BCUT2D eigenvalue weighted by Gasteiger charge is 2.38. The number of hydrogen-bond donors (Lipinski definition) is 3. The molecule has 1 fully saturated rings. The van der Waals surface area contributed by atoms with Gasteiger partial charge in [-0.2, -0.15) is 0 Å². The van der Waals surface area contributed by atoms with Gasteiger partial charge in [-0.1, -0.05) is 60.1 Å². The summed E-state index contributed by atoms with van der Waals surface area (Å²) in [6.07, 6.45) is 0.370. The molecule has 1 aliphatic rings. The topological polar surface area (TPSA) is 151 Å². The van der Waals surface area contributed by atoms with E-state index in [1.54, 1.807) is 77.7 Å². The Morgan fingerprint density at radius 1 is 0.865 bits per heavy atom. The number of nitrogens with one attached hydrogen (secondary N) is 2. The lowest BCUT2D eigenvalue weighted by molar-refractivity contribution is -0.131. The van der Waals surface area contributed by atoms with E-state index in [0.717, 1.165) is 10.8 Å². The van der Waals surface area contributed by atoms with Crippen molar-refractivity contribution in [2.24, 2.45) is 5.92 Å². The molecule has 268 valence electrons. The molecular weight excluding hydrogens is 706 g/mol. The highest BCUT2D eigenvalue weighted by Crippen LogP contribution is 2.31. The smallest absolute Gasteiger partial charge is 0.335 e. The zero-order valence-corrected chi connectivity index (χ0v) is 29.7. The molecule has 3 amide bonds. The van der Waals surface area contributed by atoms with Crippen LogP contribution >= 0.6 is 11.6 Å². The van der Waals surface area contributed by atoms with E-state index in [4.69, 9.17) is 21.1 Å². The van der Waals surface area contributed by atoms with E-state index in [2.05, 4.69) is 10.6 Å². The van der Waals surface area contributed by atoms with Crippen molar-refractivity contribution in [1.29, 1.82) is 0 Å². The van der Waals surface area contributed by atoms with Gasteiger partial charge in [0.25, 0.3) is 0 Å². The number of carboxylic acid groups (broad SMARTS) is 1. The van der Waals surface area contributed by atoms with Crippen LogP contribution in [0.5, 0.6) is 11.5 Å². The Labute approximate surface area is 306 Å². The Bertz CT molecular complexity index is 2230. The van der Waals surface area contributed by atoms with Gasteiger partial charge in [0.1, 0.15) is 18.1 Å². The number of benzene rings is 5. The molecule has 0 spiro atoms. The number of para-hydroxylation sites is 1. The Morgan fingerprint density at radius 3 is 2.31 bits per heavy atom. The van der Waals surface area contributed by atoms with Gasteiger partial charge in [0.05, 0.1) is 52.2 Å². The van der Waals surface area contributed by atoms with Crippen molar-refractivity contribution in [2.75, 3.05) is 36.6 Å². The van der Waals surface area contributed by atoms with Crippen LogP contribution in [-0.2, 0) is 21.1 Å². The number of urea groups is 1. The number of amides is 3. The highest BCUT2D eigenvalue weighted by molar-refractivity contribution is 7.91. The first-order chi connectivity index (χ1) is 25.0. The maximum absolute atomic E-state index is 13.9. The summed E-state index contributed by atoms with van der Waals surface area (Å²) in [5, 5.41) is 16.8. The summed E-state index contributed by atoms with van der Waals surface area (Å²) in [4.78, 5) is 39.8. The second kappa shape index (κ2) is 15.7. The third kappa shape index (κ3) is 8.64. The fourth-order valence-corrected chi connectivity index (χ4v) is 8.13. The minimum Gasteiger partial charge on any atom is -0.495 e. The maximum Gasteiger partial charge on any atom is 0.335 e. The molecule has 6 rings (SSSR count). The lowest BCUT2D eigenvalue weighted by Crippen LogP contribution is -2.40. The van der Waals surface area contributed by atoms with Crippen LogP contribution in [0.4, 0.5) is 16.2 Å². The van der Waals surface area contributed by atoms with Gasteiger partial charge in [-0.15, -0.1) is 0 Å². The quantitative estimate of drug-likeness (QED) is 0.122. The highest BCUT2D eigenvalue weighted by atomic mass is 35.5. The van der Waals surface area contributed by atoms with Gasteiger partial charge >= 0.3 is 12.0 Å². The van der Waals surface area contributed by atoms with Gasteiger partial charge < -0.3 is 30.1 Å². The molecule has 1 heterocycles. The first-order valence-electron chi connectivity index (χ1n) is 16.5. The van der Waals surface area contributed by atoms with Crippen LogP contribution < -0.4 is 20.1 Å². The van der Waals surface area contributed by atoms with Crippen LogP contribution in [0, 0.1) is 5.92 Å². The molecule has 1 aliphatic heterocycles. The first kappa shape index (κ1) is 36.2. The second-order valence-electron chi connectivity index (χ2n) is 12.5. The van der Waals surface area contributed by atoms with Crippen molar-refractivity contribution in [3.8, 4) is 11.5 Å². The molecule has 0 aromatic heterocycles. The molecule has 13 heteroatoms. The third-order valence-electron chi connectivity index (χ3n) is 8.89. The van der Waals surface area contributed by atoms with Crippen molar-refractivity contribution in [3.05, 3.63) is 125 Å². The molecule has 52 heavy (non-hydrogen) atoms. The zero-order valence-electron chi connectivity index (χ0n) is 28.1. The number of rotatable bonds is 12.